The third-order valence-corrected chi connectivity index (χ3v) is 7.90. The molecule has 0 unspecified atom stereocenters. The van der Waals surface area contributed by atoms with Crippen LogP contribution in [0.4, 0.5) is 0 Å². The molecule has 5 nitrogen and oxygen atoms in total. The van der Waals surface area contributed by atoms with Crippen LogP contribution in [0.5, 0.6) is 5.75 Å². The fourth-order valence-corrected chi connectivity index (χ4v) is 6.26. The van der Waals surface area contributed by atoms with E-state index in [1.807, 2.05) is 43.3 Å². The molecule has 0 spiro atoms. The van der Waals surface area contributed by atoms with Crippen LogP contribution in [-0.2, 0) is 9.53 Å². The zero-order valence-corrected chi connectivity index (χ0v) is 20.9. The molecule has 35 heavy (non-hydrogen) atoms. The SMILES string of the molecule is Cc1oc2c3c(ccc2c(=O)c1-c1ccccc1)OC[C@H]1[C@@H]3C2=C(CC(C)(C)CC2=O)OC1(C)C. The molecule has 0 saturated carbocycles. The average molecular weight is 471 g/mol. The number of carbonyl (C=O) groups excluding carboxylic acids is 1. The third-order valence-electron chi connectivity index (χ3n) is 7.90. The van der Waals surface area contributed by atoms with Crippen molar-refractivity contribution < 1.29 is 18.7 Å². The monoisotopic (exact) mass is 470 g/mol. The van der Waals surface area contributed by atoms with Gasteiger partial charge in [-0.15, -0.1) is 0 Å². The lowest BCUT2D eigenvalue weighted by molar-refractivity contribution is -0.124. The summed E-state index contributed by atoms with van der Waals surface area (Å²) in [6, 6.07) is 13.2. The van der Waals surface area contributed by atoms with Gasteiger partial charge in [0.15, 0.2) is 5.78 Å². The van der Waals surface area contributed by atoms with Crippen LogP contribution >= 0.6 is 0 Å². The van der Waals surface area contributed by atoms with E-state index in [4.69, 9.17) is 13.9 Å². The van der Waals surface area contributed by atoms with Gasteiger partial charge < -0.3 is 13.9 Å². The Bertz CT molecular complexity index is 1470. The molecule has 3 aliphatic rings. The molecule has 0 radical (unpaired) electrons. The largest absolute Gasteiger partial charge is 0.493 e. The smallest absolute Gasteiger partial charge is 0.200 e. The number of aryl methyl sites for hydroxylation is 1. The zero-order chi connectivity index (χ0) is 24.7. The number of allylic oxidation sites excluding steroid dienone is 2. The van der Waals surface area contributed by atoms with Gasteiger partial charge in [-0.2, -0.15) is 0 Å². The summed E-state index contributed by atoms with van der Waals surface area (Å²) in [6.45, 7) is 10.6. The summed E-state index contributed by atoms with van der Waals surface area (Å²) in [5.41, 5.74) is 2.69. The molecule has 180 valence electrons. The Morgan fingerprint density at radius 2 is 1.69 bits per heavy atom. The fraction of sp³-hybridized carbons (Fsp3) is 0.400. The maximum atomic E-state index is 13.8. The quantitative estimate of drug-likeness (QED) is 0.417. The van der Waals surface area contributed by atoms with Gasteiger partial charge in [0.05, 0.1) is 17.6 Å². The van der Waals surface area contributed by atoms with Crippen LogP contribution in [-0.4, -0.2) is 18.0 Å². The Morgan fingerprint density at radius 3 is 2.43 bits per heavy atom. The molecule has 3 aromatic rings. The van der Waals surface area contributed by atoms with Crippen molar-refractivity contribution in [2.24, 2.45) is 11.3 Å². The predicted octanol–water partition coefficient (Wildman–Crippen LogP) is 6.31. The summed E-state index contributed by atoms with van der Waals surface area (Å²) >= 11 is 0. The van der Waals surface area contributed by atoms with Crippen molar-refractivity contribution in [1.29, 1.82) is 0 Å². The molecule has 0 saturated heterocycles. The lowest BCUT2D eigenvalue weighted by Gasteiger charge is -2.50. The highest BCUT2D eigenvalue weighted by Crippen LogP contribution is 2.56. The second-order valence-electron chi connectivity index (χ2n) is 11.5. The first-order valence-electron chi connectivity index (χ1n) is 12.3. The molecule has 3 heterocycles. The van der Waals surface area contributed by atoms with Gasteiger partial charge in [-0.25, -0.2) is 0 Å². The fourth-order valence-electron chi connectivity index (χ4n) is 6.26. The molecule has 1 aromatic heterocycles. The topological polar surface area (TPSA) is 65.7 Å². The Hall–Kier alpha value is -3.34. The van der Waals surface area contributed by atoms with Gasteiger partial charge in [-0.3, -0.25) is 9.59 Å². The van der Waals surface area contributed by atoms with E-state index < -0.39 is 5.60 Å². The molecule has 0 fully saturated rings. The number of hydrogen-bond donors (Lipinski definition) is 0. The molecule has 6 rings (SSSR count). The van der Waals surface area contributed by atoms with Crippen LogP contribution in [0.1, 0.15) is 57.8 Å². The van der Waals surface area contributed by atoms with E-state index in [0.717, 1.165) is 22.5 Å². The Morgan fingerprint density at radius 1 is 0.943 bits per heavy atom. The highest BCUT2D eigenvalue weighted by molar-refractivity contribution is 6.00. The van der Waals surface area contributed by atoms with Crippen molar-refractivity contribution in [3.8, 4) is 16.9 Å². The van der Waals surface area contributed by atoms with Gasteiger partial charge >= 0.3 is 0 Å². The van der Waals surface area contributed by atoms with E-state index in [2.05, 4.69) is 27.7 Å². The van der Waals surface area contributed by atoms with Crippen LogP contribution in [0.2, 0.25) is 0 Å². The normalized spacial score (nSPS) is 24.2. The number of ketones is 1. The highest BCUT2D eigenvalue weighted by atomic mass is 16.5. The van der Waals surface area contributed by atoms with Gasteiger partial charge in [0, 0.05) is 35.8 Å². The first-order valence-corrected chi connectivity index (χ1v) is 12.3. The third kappa shape index (κ3) is 3.28. The van der Waals surface area contributed by atoms with Crippen LogP contribution in [0.15, 0.2) is 63.0 Å². The number of benzene rings is 2. The van der Waals surface area contributed by atoms with Crippen LogP contribution in [0.25, 0.3) is 22.1 Å². The minimum atomic E-state index is -0.531. The number of ether oxygens (including phenoxy) is 2. The van der Waals surface area contributed by atoms with E-state index in [1.54, 1.807) is 6.07 Å². The second kappa shape index (κ2) is 7.33. The van der Waals surface area contributed by atoms with Gasteiger partial charge in [-0.05, 0) is 43.9 Å². The zero-order valence-electron chi connectivity index (χ0n) is 20.9. The van der Waals surface area contributed by atoms with Gasteiger partial charge in [-0.1, -0.05) is 44.2 Å². The summed E-state index contributed by atoms with van der Waals surface area (Å²) in [7, 11) is 0. The molecule has 1 aliphatic carbocycles. The number of fused-ring (bicyclic) bond motifs is 6. The van der Waals surface area contributed by atoms with Crippen LogP contribution in [0.3, 0.4) is 0 Å². The Labute approximate surface area is 204 Å². The van der Waals surface area contributed by atoms with E-state index >= 15 is 0 Å². The molecule has 2 aliphatic heterocycles. The number of Topliss-reactive ketones (excluding diaryl/α,β-unsaturated/α-hetero) is 1. The lowest BCUT2D eigenvalue weighted by Crippen LogP contribution is -2.50. The van der Waals surface area contributed by atoms with Crippen molar-refractivity contribution in [2.45, 2.75) is 59.0 Å². The molecule has 0 amide bonds. The summed E-state index contributed by atoms with van der Waals surface area (Å²) < 4.78 is 19.1. The van der Waals surface area contributed by atoms with Crippen molar-refractivity contribution >= 4 is 16.8 Å². The Balaban J connectivity index is 1.64. The maximum absolute atomic E-state index is 13.8. The molecule has 2 atom stereocenters. The van der Waals surface area contributed by atoms with Crippen molar-refractivity contribution in [2.75, 3.05) is 6.61 Å². The summed E-state index contributed by atoms with van der Waals surface area (Å²) in [4.78, 5) is 27.3. The van der Waals surface area contributed by atoms with Crippen molar-refractivity contribution in [1.82, 2.24) is 0 Å². The molecule has 0 bridgehead atoms. The minimum Gasteiger partial charge on any atom is -0.493 e. The standard InChI is InChI=1S/C30H30O5/c1-16-23(17-9-7-6-8-10-17)27(32)18-11-12-21-26(28(18)34-16)24-19(15-33-21)30(4,5)35-22-14-29(2,3)13-20(31)25(22)24/h6-12,19,24H,13-15H2,1-5H3/t19-,24+/m0/s1. The van der Waals surface area contributed by atoms with Gasteiger partial charge in [0.2, 0.25) is 5.43 Å². The van der Waals surface area contributed by atoms with Crippen molar-refractivity contribution in [3.05, 3.63) is 75.3 Å². The van der Waals surface area contributed by atoms with Crippen molar-refractivity contribution in [3.63, 3.8) is 0 Å². The number of carbonyl (C=O) groups is 1. The molecular formula is C30H30O5. The molecule has 5 heteroatoms. The average Bonchev–Trinajstić information content (AvgIpc) is 2.77. The molecule has 2 aromatic carbocycles. The summed E-state index contributed by atoms with van der Waals surface area (Å²) in [5, 5.41) is 0.507. The highest BCUT2D eigenvalue weighted by Gasteiger charge is 2.53. The predicted molar refractivity (Wildman–Crippen MR) is 135 cm³/mol. The molecular weight excluding hydrogens is 440 g/mol. The Kier molecular flexibility index (Phi) is 4.64. The summed E-state index contributed by atoms with van der Waals surface area (Å²) in [6.07, 6.45) is 1.18. The van der Waals surface area contributed by atoms with Crippen LogP contribution in [0, 0.1) is 18.3 Å². The van der Waals surface area contributed by atoms with E-state index in [-0.39, 0.29) is 28.5 Å². The minimum absolute atomic E-state index is 0.0727. The van der Waals surface area contributed by atoms with E-state index in [9.17, 15) is 9.59 Å². The van der Waals surface area contributed by atoms with Gasteiger partial charge in [0.1, 0.15) is 28.5 Å². The summed E-state index contributed by atoms with van der Waals surface area (Å²) in [5.74, 6) is 1.81. The van der Waals surface area contributed by atoms with Crippen LogP contribution < -0.4 is 10.2 Å². The number of rotatable bonds is 1. The second-order valence-corrected chi connectivity index (χ2v) is 11.5. The lowest BCUT2D eigenvalue weighted by atomic mass is 9.64. The van der Waals surface area contributed by atoms with E-state index in [1.165, 1.54) is 0 Å². The van der Waals surface area contributed by atoms with Gasteiger partial charge in [0.25, 0.3) is 0 Å². The maximum Gasteiger partial charge on any atom is 0.200 e. The first-order chi connectivity index (χ1) is 16.6. The number of hydrogen-bond acceptors (Lipinski definition) is 5. The molecule has 0 N–H and O–H groups in total. The first kappa shape index (κ1) is 22.1. The van der Waals surface area contributed by atoms with E-state index in [0.29, 0.717) is 47.5 Å².